The van der Waals surface area contributed by atoms with Crippen LogP contribution in [0.5, 0.6) is 0 Å². The standard InChI is InChI=1S/C15H15NO8/c17-11(18)7-2-1-3-8-23-24-16-13(19)9-5-4-6-10(15(21)22)12(9)14(16)20/h4-6H,1-3,7-8H2,(H,17,18)(H,21,22). The number of unbranched alkanes of at least 4 members (excludes halogenated alkanes) is 2. The number of aliphatic carboxylic acids is 1. The van der Waals surface area contributed by atoms with Gasteiger partial charge in [-0.25, -0.2) is 9.68 Å². The van der Waals surface area contributed by atoms with Crippen LogP contribution in [-0.2, 0) is 14.7 Å². The van der Waals surface area contributed by atoms with Gasteiger partial charge in [-0.1, -0.05) is 12.5 Å². The molecule has 2 amide bonds. The summed E-state index contributed by atoms with van der Waals surface area (Å²) < 4.78 is 0. The molecule has 128 valence electrons. The van der Waals surface area contributed by atoms with Crippen LogP contribution in [0, 0.1) is 0 Å². The van der Waals surface area contributed by atoms with Crippen LogP contribution in [0.15, 0.2) is 18.2 Å². The molecule has 0 bridgehead atoms. The van der Waals surface area contributed by atoms with Gasteiger partial charge in [0.25, 0.3) is 11.8 Å². The van der Waals surface area contributed by atoms with E-state index in [1.54, 1.807) is 0 Å². The second-order valence-electron chi connectivity index (χ2n) is 5.04. The highest BCUT2D eigenvalue weighted by Crippen LogP contribution is 2.26. The van der Waals surface area contributed by atoms with E-state index < -0.39 is 23.8 Å². The van der Waals surface area contributed by atoms with Crippen LogP contribution < -0.4 is 0 Å². The molecular formula is C15H15NO8. The van der Waals surface area contributed by atoms with Crippen LogP contribution in [0.3, 0.4) is 0 Å². The van der Waals surface area contributed by atoms with E-state index in [2.05, 4.69) is 0 Å². The summed E-state index contributed by atoms with van der Waals surface area (Å²) in [7, 11) is 0. The van der Waals surface area contributed by atoms with Crippen molar-refractivity contribution in [2.24, 2.45) is 0 Å². The van der Waals surface area contributed by atoms with Gasteiger partial charge in [0.05, 0.1) is 23.3 Å². The van der Waals surface area contributed by atoms with Crippen molar-refractivity contribution in [3.8, 4) is 0 Å². The third-order valence-electron chi connectivity index (χ3n) is 3.35. The van der Waals surface area contributed by atoms with E-state index in [0.29, 0.717) is 24.3 Å². The smallest absolute Gasteiger partial charge is 0.336 e. The van der Waals surface area contributed by atoms with Crippen molar-refractivity contribution in [1.82, 2.24) is 5.06 Å². The largest absolute Gasteiger partial charge is 0.481 e. The highest BCUT2D eigenvalue weighted by atomic mass is 17.3. The van der Waals surface area contributed by atoms with Gasteiger partial charge >= 0.3 is 11.9 Å². The van der Waals surface area contributed by atoms with Crippen molar-refractivity contribution in [3.63, 3.8) is 0 Å². The van der Waals surface area contributed by atoms with Gasteiger partial charge in [-0.05, 0) is 25.0 Å². The number of aromatic carboxylic acids is 1. The Balaban J connectivity index is 1.89. The monoisotopic (exact) mass is 337 g/mol. The van der Waals surface area contributed by atoms with Crippen molar-refractivity contribution in [2.45, 2.75) is 25.7 Å². The maximum atomic E-state index is 12.1. The minimum absolute atomic E-state index is 0.0528. The number of benzene rings is 1. The van der Waals surface area contributed by atoms with E-state index >= 15 is 0 Å². The van der Waals surface area contributed by atoms with E-state index in [9.17, 15) is 19.2 Å². The minimum atomic E-state index is -1.32. The summed E-state index contributed by atoms with van der Waals surface area (Å²) in [5, 5.41) is 17.9. The van der Waals surface area contributed by atoms with Crippen LogP contribution in [-0.4, -0.2) is 45.6 Å². The van der Waals surface area contributed by atoms with Gasteiger partial charge in [0.2, 0.25) is 0 Å². The molecule has 0 saturated carbocycles. The van der Waals surface area contributed by atoms with Gasteiger partial charge in [0.1, 0.15) is 0 Å². The molecule has 1 aromatic rings. The molecule has 0 spiro atoms. The number of carboxylic acid groups (broad SMARTS) is 2. The Morgan fingerprint density at radius 2 is 1.79 bits per heavy atom. The summed E-state index contributed by atoms with van der Waals surface area (Å²) in [4.78, 5) is 55.2. The quantitative estimate of drug-likeness (QED) is 0.300. The lowest BCUT2D eigenvalue weighted by molar-refractivity contribution is -0.385. The molecule has 9 heteroatoms. The van der Waals surface area contributed by atoms with Crippen molar-refractivity contribution in [2.75, 3.05) is 6.61 Å². The predicted octanol–water partition coefficient (Wildman–Crippen LogP) is 1.49. The minimum Gasteiger partial charge on any atom is -0.481 e. The molecule has 24 heavy (non-hydrogen) atoms. The summed E-state index contributed by atoms with van der Waals surface area (Å²) in [5.41, 5.74) is -0.587. The molecule has 1 heterocycles. The SMILES string of the molecule is O=C(O)CCCCCOON1C(=O)c2cccc(C(=O)O)c2C1=O. The number of amides is 2. The molecule has 0 saturated heterocycles. The van der Waals surface area contributed by atoms with Gasteiger partial charge in [0.15, 0.2) is 0 Å². The van der Waals surface area contributed by atoms with Crippen LogP contribution in [0.4, 0.5) is 0 Å². The number of carbonyl (C=O) groups is 4. The van der Waals surface area contributed by atoms with Crippen molar-refractivity contribution < 1.29 is 39.3 Å². The topological polar surface area (TPSA) is 130 Å². The maximum absolute atomic E-state index is 12.1. The fraction of sp³-hybridized carbons (Fsp3) is 0.333. The molecule has 0 radical (unpaired) electrons. The fourth-order valence-corrected chi connectivity index (χ4v) is 2.21. The van der Waals surface area contributed by atoms with E-state index in [1.165, 1.54) is 18.2 Å². The molecule has 2 rings (SSSR count). The van der Waals surface area contributed by atoms with Gasteiger partial charge < -0.3 is 10.2 Å². The number of hydroxylamine groups is 2. The normalized spacial score (nSPS) is 13.2. The molecule has 0 fully saturated rings. The molecule has 0 aliphatic carbocycles. The third-order valence-corrected chi connectivity index (χ3v) is 3.35. The first kappa shape index (κ1) is 17.6. The molecule has 1 aliphatic rings. The Bertz CT molecular complexity index is 684. The number of nitrogens with zero attached hydrogens (tertiary/aromatic N) is 1. The van der Waals surface area contributed by atoms with Crippen LogP contribution in [0.2, 0.25) is 0 Å². The number of carbonyl (C=O) groups excluding carboxylic acids is 2. The Morgan fingerprint density at radius 3 is 2.46 bits per heavy atom. The molecule has 1 aliphatic heterocycles. The summed E-state index contributed by atoms with van der Waals surface area (Å²) in [6, 6.07) is 3.91. The fourth-order valence-electron chi connectivity index (χ4n) is 2.21. The highest BCUT2D eigenvalue weighted by molar-refractivity contribution is 6.23. The summed E-state index contributed by atoms with van der Waals surface area (Å²) in [6.07, 6.45) is 1.60. The summed E-state index contributed by atoms with van der Waals surface area (Å²) in [6.45, 7) is 0.0544. The second-order valence-corrected chi connectivity index (χ2v) is 5.04. The molecule has 0 atom stereocenters. The van der Waals surface area contributed by atoms with Crippen molar-refractivity contribution in [3.05, 3.63) is 34.9 Å². The molecule has 9 nitrogen and oxygen atoms in total. The number of hydrogen-bond acceptors (Lipinski definition) is 6. The first-order valence-electron chi connectivity index (χ1n) is 7.20. The van der Waals surface area contributed by atoms with E-state index in [4.69, 9.17) is 20.1 Å². The average Bonchev–Trinajstić information content (AvgIpc) is 2.78. The lowest BCUT2D eigenvalue weighted by Crippen LogP contribution is -2.30. The Morgan fingerprint density at radius 1 is 1.04 bits per heavy atom. The van der Waals surface area contributed by atoms with Crippen molar-refractivity contribution >= 4 is 23.8 Å². The van der Waals surface area contributed by atoms with E-state index in [0.717, 1.165) is 0 Å². The van der Waals surface area contributed by atoms with Crippen LogP contribution in [0.1, 0.15) is 56.8 Å². The zero-order valence-corrected chi connectivity index (χ0v) is 12.6. The lowest BCUT2D eigenvalue weighted by Gasteiger charge is -2.11. The summed E-state index contributed by atoms with van der Waals surface area (Å²) in [5.74, 6) is -3.91. The van der Waals surface area contributed by atoms with Gasteiger partial charge in [-0.3, -0.25) is 14.4 Å². The third kappa shape index (κ3) is 3.76. The van der Waals surface area contributed by atoms with Crippen LogP contribution in [0.25, 0.3) is 0 Å². The summed E-state index contributed by atoms with van der Waals surface area (Å²) >= 11 is 0. The number of carboxylic acids is 2. The van der Waals surface area contributed by atoms with E-state index in [1.807, 2.05) is 0 Å². The Labute approximate surface area is 136 Å². The van der Waals surface area contributed by atoms with Crippen LogP contribution >= 0.6 is 0 Å². The molecule has 2 N–H and O–H groups in total. The zero-order chi connectivity index (χ0) is 17.7. The second kappa shape index (κ2) is 7.66. The van der Waals surface area contributed by atoms with E-state index in [-0.39, 0.29) is 29.7 Å². The highest BCUT2D eigenvalue weighted by Gasteiger charge is 2.40. The Kier molecular flexibility index (Phi) is 5.61. The molecule has 0 aromatic heterocycles. The average molecular weight is 337 g/mol. The first-order chi connectivity index (χ1) is 11.4. The lowest BCUT2D eigenvalue weighted by atomic mass is 10.0. The number of imide groups is 1. The van der Waals surface area contributed by atoms with Gasteiger partial charge in [-0.15, -0.1) is 10.1 Å². The zero-order valence-electron chi connectivity index (χ0n) is 12.6. The Hall–Kier alpha value is -2.78. The van der Waals surface area contributed by atoms with Gasteiger partial charge in [-0.2, -0.15) is 0 Å². The maximum Gasteiger partial charge on any atom is 0.336 e. The molecule has 1 aromatic carbocycles. The molecular weight excluding hydrogens is 322 g/mol. The first-order valence-corrected chi connectivity index (χ1v) is 7.20. The predicted molar refractivity (Wildman–Crippen MR) is 77.0 cm³/mol. The number of rotatable bonds is 9. The number of hydrogen-bond donors (Lipinski definition) is 2. The van der Waals surface area contributed by atoms with Gasteiger partial charge in [0, 0.05) is 6.42 Å². The van der Waals surface area contributed by atoms with Crippen molar-refractivity contribution in [1.29, 1.82) is 0 Å². The molecule has 0 unspecified atom stereocenters. The number of fused-ring (bicyclic) bond motifs is 1.